The minimum atomic E-state index is 0. The molecule has 1 aromatic rings. The third-order valence-corrected chi connectivity index (χ3v) is 0.918. The number of hydrogen-bond acceptors (Lipinski definition) is 0. The smallest absolute Gasteiger partial charge is 0.366 e. The van der Waals surface area contributed by atoms with Crippen LogP contribution >= 0.6 is 7.92 Å². The Morgan fingerprint density at radius 2 is 1.46 bits per heavy atom. The van der Waals surface area contributed by atoms with Crippen LogP contribution in [0.25, 0.3) is 0 Å². The van der Waals surface area contributed by atoms with Gasteiger partial charge in [0.1, 0.15) is 0 Å². The van der Waals surface area contributed by atoms with Gasteiger partial charge in [-0.1, -0.05) is 18.2 Å². The maximum absolute atomic E-state index is 6.69. The summed E-state index contributed by atoms with van der Waals surface area (Å²) in [6.07, 6.45) is 6.69. The summed E-state index contributed by atoms with van der Waals surface area (Å²) in [7, 11) is 0.380. The summed E-state index contributed by atoms with van der Waals surface area (Å²) in [6, 6.07) is 9.37. The van der Waals surface area contributed by atoms with E-state index in [1.807, 2.05) is 30.3 Å². The first-order valence-electron chi connectivity index (χ1n) is 3.75. The summed E-state index contributed by atoms with van der Waals surface area (Å²) in [5.74, 6) is 2.28. The molecule has 0 nitrogen and oxygen atoms in total. The van der Waals surface area contributed by atoms with Gasteiger partial charge in [-0.05, 0) is 20.0 Å². The van der Waals surface area contributed by atoms with Crippen molar-refractivity contribution in [2.75, 3.05) is 20.0 Å². The van der Waals surface area contributed by atoms with Crippen LogP contribution in [0, 0.1) is 12.3 Å². The fourth-order valence-electron chi connectivity index (χ4n) is 0.521. The molecular weight excluding hydrogens is 360 g/mol. The Morgan fingerprint density at radius 3 is 1.69 bits per heavy atom. The van der Waals surface area contributed by atoms with Gasteiger partial charge in [0.2, 0.25) is 0 Å². The van der Waals surface area contributed by atoms with E-state index >= 15 is 0 Å². The molecule has 0 aliphatic carbocycles. The first-order valence-corrected chi connectivity index (χ1v) is 6.44. The Labute approximate surface area is 98.4 Å². The normalized spacial score (nSPS) is 7.62. The fraction of sp³-hybridized carbons (Fsp3) is 0.273. The van der Waals surface area contributed by atoms with Crippen LogP contribution in [0.15, 0.2) is 30.3 Å². The Bertz CT molecular complexity index is 233. The maximum atomic E-state index is 6.69. The van der Waals surface area contributed by atoms with Crippen molar-refractivity contribution in [3.05, 3.63) is 42.3 Å². The van der Waals surface area contributed by atoms with E-state index < -0.39 is 0 Å². The van der Waals surface area contributed by atoms with Crippen molar-refractivity contribution >= 4 is 7.92 Å². The second-order valence-corrected chi connectivity index (χ2v) is 5.52. The first kappa shape index (κ1) is 15.4. The van der Waals surface area contributed by atoms with Crippen molar-refractivity contribution in [2.24, 2.45) is 0 Å². The van der Waals surface area contributed by atoms with E-state index in [0.717, 1.165) is 5.56 Å². The van der Waals surface area contributed by atoms with E-state index in [4.69, 9.17) is 6.42 Å². The molecule has 1 aromatic carbocycles. The summed E-state index contributed by atoms with van der Waals surface area (Å²) in [4.78, 5) is 0. The number of rotatable bonds is 0. The van der Waals surface area contributed by atoms with Crippen molar-refractivity contribution in [3.8, 4) is 5.92 Å². The van der Waals surface area contributed by atoms with Crippen LogP contribution in [-0.4, -0.2) is 20.0 Å². The number of hydrogen-bond donors (Lipinski definition) is 0. The van der Waals surface area contributed by atoms with E-state index in [9.17, 15) is 0 Å². The Morgan fingerprint density at radius 1 is 1.08 bits per heavy atom. The van der Waals surface area contributed by atoms with Crippen LogP contribution in [0.3, 0.4) is 0 Å². The Kier molecular flexibility index (Phi) is 11.9. The molecule has 1 rings (SSSR count). The molecule has 0 aliphatic rings. The summed E-state index contributed by atoms with van der Waals surface area (Å²) in [5, 5.41) is 0. The SMILES string of the molecule is CP(C)C.[Au+].[C-]#Cc1ccccc1. The monoisotopic (exact) mass is 374 g/mol. The Balaban J connectivity index is 0. The quantitative estimate of drug-likeness (QED) is 0.284. The summed E-state index contributed by atoms with van der Waals surface area (Å²) in [5.41, 5.74) is 0.826. The van der Waals surface area contributed by atoms with Gasteiger partial charge in [0.25, 0.3) is 0 Å². The third kappa shape index (κ3) is 12.0. The molecule has 0 bridgehead atoms. The van der Waals surface area contributed by atoms with Crippen molar-refractivity contribution in [1.82, 2.24) is 0 Å². The van der Waals surface area contributed by atoms with Gasteiger partial charge >= 0.3 is 22.4 Å². The first-order chi connectivity index (χ1) is 5.66. The molecule has 0 saturated carbocycles. The van der Waals surface area contributed by atoms with Crippen molar-refractivity contribution in [3.63, 3.8) is 0 Å². The topological polar surface area (TPSA) is 0 Å². The minimum absolute atomic E-state index is 0. The van der Waals surface area contributed by atoms with Gasteiger partial charge in [0, 0.05) is 0 Å². The molecule has 0 spiro atoms. The molecule has 0 N–H and O–H groups in total. The largest absolute Gasteiger partial charge is 1.00 e. The third-order valence-electron chi connectivity index (χ3n) is 0.918. The van der Waals surface area contributed by atoms with Gasteiger partial charge in [0.15, 0.2) is 0 Å². The molecule has 13 heavy (non-hydrogen) atoms. The molecule has 0 heterocycles. The second kappa shape index (κ2) is 10.0. The number of benzene rings is 1. The van der Waals surface area contributed by atoms with Crippen LogP contribution < -0.4 is 0 Å². The van der Waals surface area contributed by atoms with E-state index in [0.29, 0.717) is 7.92 Å². The van der Waals surface area contributed by atoms with Gasteiger partial charge in [-0.25, -0.2) is 0 Å². The molecule has 2 heteroatoms. The minimum Gasteiger partial charge on any atom is -0.366 e. The summed E-state index contributed by atoms with van der Waals surface area (Å²) < 4.78 is 0. The molecule has 0 aliphatic heterocycles. The molecule has 0 atom stereocenters. The van der Waals surface area contributed by atoms with E-state index in [2.05, 4.69) is 25.9 Å². The van der Waals surface area contributed by atoms with Crippen LogP contribution in [-0.2, 0) is 22.4 Å². The van der Waals surface area contributed by atoms with Gasteiger partial charge in [0.05, 0.1) is 0 Å². The van der Waals surface area contributed by atoms with E-state index in [1.165, 1.54) is 0 Å². The molecule has 0 amide bonds. The molecule has 74 valence electrons. The summed E-state index contributed by atoms with van der Waals surface area (Å²) in [6.45, 7) is 6.69. The van der Waals surface area contributed by atoms with Crippen LogP contribution in [0.2, 0.25) is 0 Å². The van der Waals surface area contributed by atoms with Crippen LogP contribution in [0.5, 0.6) is 0 Å². The molecule has 0 radical (unpaired) electrons. The van der Waals surface area contributed by atoms with Gasteiger partial charge in [-0.15, -0.1) is 25.6 Å². The molecule has 0 saturated heterocycles. The molecular formula is C11H14AuP. The van der Waals surface area contributed by atoms with Crippen molar-refractivity contribution < 1.29 is 22.4 Å². The van der Waals surface area contributed by atoms with Gasteiger partial charge in [-0.3, -0.25) is 5.92 Å². The molecule has 0 aromatic heterocycles. The molecule has 0 fully saturated rings. The van der Waals surface area contributed by atoms with E-state index in [1.54, 1.807) is 0 Å². The zero-order chi connectivity index (χ0) is 9.40. The zero-order valence-electron chi connectivity index (χ0n) is 8.14. The zero-order valence-corrected chi connectivity index (χ0v) is 11.2. The Hall–Kier alpha value is -0.0497. The average Bonchev–Trinajstić information content (AvgIpc) is 2.05. The van der Waals surface area contributed by atoms with Crippen molar-refractivity contribution in [2.45, 2.75) is 0 Å². The van der Waals surface area contributed by atoms with Crippen molar-refractivity contribution in [1.29, 1.82) is 0 Å². The average molecular weight is 374 g/mol. The summed E-state index contributed by atoms with van der Waals surface area (Å²) >= 11 is 0. The van der Waals surface area contributed by atoms with Crippen LogP contribution in [0.1, 0.15) is 5.56 Å². The predicted molar refractivity (Wildman–Crippen MR) is 57.4 cm³/mol. The van der Waals surface area contributed by atoms with Crippen LogP contribution in [0.4, 0.5) is 0 Å². The fourth-order valence-corrected chi connectivity index (χ4v) is 0.521. The van der Waals surface area contributed by atoms with Gasteiger partial charge in [-0.2, -0.15) is 0 Å². The second-order valence-electron chi connectivity index (χ2n) is 2.83. The predicted octanol–water partition coefficient (Wildman–Crippen LogP) is 2.98. The maximum Gasteiger partial charge on any atom is 1.00 e. The van der Waals surface area contributed by atoms with Gasteiger partial charge < -0.3 is 6.42 Å². The standard InChI is InChI=1S/C8H5.C3H9P.Au/c1-2-8-6-4-3-5-7-8;1-4(2)3;/h3-7H;1-3H3;/q-1;;+1. The van der Waals surface area contributed by atoms with E-state index in [-0.39, 0.29) is 22.4 Å². The molecule has 0 unspecified atom stereocenters.